The van der Waals surface area contributed by atoms with Crippen molar-refractivity contribution < 1.29 is 0 Å². The van der Waals surface area contributed by atoms with Crippen LogP contribution in [0.3, 0.4) is 0 Å². The number of anilines is 1. The van der Waals surface area contributed by atoms with E-state index in [4.69, 9.17) is 0 Å². The molecule has 0 fully saturated rings. The van der Waals surface area contributed by atoms with Crippen LogP contribution >= 0.6 is 0 Å². The fourth-order valence-electron chi connectivity index (χ4n) is 2.15. The Morgan fingerprint density at radius 1 is 1.06 bits per heavy atom. The van der Waals surface area contributed by atoms with Gasteiger partial charge in [-0.2, -0.15) is 0 Å². The lowest BCUT2D eigenvalue weighted by Crippen LogP contribution is -2.04. The largest absolute Gasteiger partial charge is 0.373 e. The minimum absolute atomic E-state index is 0.582. The van der Waals surface area contributed by atoms with Crippen molar-refractivity contribution in [2.75, 3.05) is 12.4 Å². The zero-order valence-corrected chi connectivity index (χ0v) is 9.64. The van der Waals surface area contributed by atoms with Crippen LogP contribution in [0.25, 0.3) is 11.6 Å². The summed E-state index contributed by atoms with van der Waals surface area (Å²) in [7, 11) is 1.89. The van der Waals surface area contributed by atoms with Gasteiger partial charge in [-0.3, -0.25) is 0 Å². The number of aryl methyl sites for hydroxylation is 1. The highest BCUT2D eigenvalue weighted by Gasteiger charge is 2.19. The van der Waals surface area contributed by atoms with Gasteiger partial charge in [-0.25, -0.2) is 19.9 Å². The van der Waals surface area contributed by atoms with Crippen molar-refractivity contribution in [3.63, 3.8) is 0 Å². The molecule has 5 heteroatoms. The third kappa shape index (κ3) is 1.73. The van der Waals surface area contributed by atoms with Crippen LogP contribution in [0.2, 0.25) is 0 Å². The first kappa shape index (κ1) is 10.1. The van der Waals surface area contributed by atoms with E-state index in [1.165, 1.54) is 5.56 Å². The highest BCUT2D eigenvalue weighted by Crippen LogP contribution is 2.27. The summed E-state index contributed by atoms with van der Waals surface area (Å²) in [4.78, 5) is 17.4. The third-order valence-corrected chi connectivity index (χ3v) is 2.94. The Morgan fingerprint density at radius 3 is 2.65 bits per heavy atom. The molecule has 3 rings (SSSR count). The maximum atomic E-state index is 4.56. The van der Waals surface area contributed by atoms with Crippen molar-refractivity contribution in [1.82, 2.24) is 19.9 Å². The molecule has 2 heterocycles. The molecule has 86 valence electrons. The second-order valence-electron chi connectivity index (χ2n) is 4.00. The summed E-state index contributed by atoms with van der Waals surface area (Å²) in [6, 6.07) is 1.79. The van der Waals surface area contributed by atoms with Gasteiger partial charge in [0.05, 0.1) is 0 Å². The molecule has 2 aromatic heterocycles. The summed E-state index contributed by atoms with van der Waals surface area (Å²) >= 11 is 0. The smallest absolute Gasteiger partial charge is 0.199 e. The molecular formula is C12H13N5. The Morgan fingerprint density at radius 2 is 1.88 bits per heavy atom. The van der Waals surface area contributed by atoms with Gasteiger partial charge < -0.3 is 5.32 Å². The van der Waals surface area contributed by atoms with Crippen LogP contribution in [-0.4, -0.2) is 27.0 Å². The van der Waals surface area contributed by atoms with Crippen LogP contribution in [0.15, 0.2) is 18.5 Å². The zero-order valence-electron chi connectivity index (χ0n) is 9.64. The first-order valence-electron chi connectivity index (χ1n) is 5.73. The predicted octanol–water partition coefficient (Wildman–Crippen LogP) is 1.46. The average molecular weight is 227 g/mol. The highest BCUT2D eigenvalue weighted by atomic mass is 15.1. The molecule has 0 aromatic carbocycles. The fourth-order valence-corrected chi connectivity index (χ4v) is 2.15. The molecule has 5 nitrogen and oxygen atoms in total. The molecule has 0 spiro atoms. The van der Waals surface area contributed by atoms with Gasteiger partial charge in [0.25, 0.3) is 0 Å². The zero-order chi connectivity index (χ0) is 11.7. The van der Waals surface area contributed by atoms with Gasteiger partial charge in [0, 0.05) is 30.7 Å². The molecule has 1 N–H and O–H groups in total. The quantitative estimate of drug-likeness (QED) is 0.841. The standard InChI is InChI=1S/C12H13N5/c1-13-10-8-4-2-5-9(8)16-12(17-10)11-14-6-3-7-15-11/h3,6-7H,2,4-5H2,1H3,(H,13,16,17). The number of hydrogen-bond acceptors (Lipinski definition) is 5. The number of fused-ring (bicyclic) bond motifs is 1. The van der Waals surface area contributed by atoms with E-state index in [1.54, 1.807) is 18.5 Å². The summed E-state index contributed by atoms with van der Waals surface area (Å²) < 4.78 is 0. The lowest BCUT2D eigenvalue weighted by molar-refractivity contribution is 0.899. The number of hydrogen-bond donors (Lipinski definition) is 1. The summed E-state index contributed by atoms with van der Waals surface area (Å²) in [5, 5.41) is 3.13. The van der Waals surface area contributed by atoms with E-state index in [0.29, 0.717) is 11.6 Å². The minimum atomic E-state index is 0.582. The van der Waals surface area contributed by atoms with E-state index in [0.717, 1.165) is 30.8 Å². The van der Waals surface area contributed by atoms with E-state index < -0.39 is 0 Å². The lowest BCUT2D eigenvalue weighted by atomic mass is 10.2. The Labute approximate surface area is 99.4 Å². The number of nitrogens with zero attached hydrogens (tertiary/aromatic N) is 4. The second-order valence-corrected chi connectivity index (χ2v) is 4.00. The van der Waals surface area contributed by atoms with Gasteiger partial charge >= 0.3 is 0 Å². The van der Waals surface area contributed by atoms with Crippen LogP contribution in [0.4, 0.5) is 5.82 Å². The minimum Gasteiger partial charge on any atom is -0.373 e. The second kappa shape index (κ2) is 4.08. The first-order valence-corrected chi connectivity index (χ1v) is 5.73. The maximum absolute atomic E-state index is 4.56. The molecule has 0 bridgehead atoms. The monoisotopic (exact) mass is 227 g/mol. The number of nitrogens with one attached hydrogen (secondary N) is 1. The van der Waals surface area contributed by atoms with Gasteiger partial charge in [-0.15, -0.1) is 0 Å². The molecule has 17 heavy (non-hydrogen) atoms. The lowest BCUT2D eigenvalue weighted by Gasteiger charge is -2.08. The van der Waals surface area contributed by atoms with Crippen LogP contribution < -0.4 is 5.32 Å². The average Bonchev–Trinajstić information content (AvgIpc) is 2.86. The predicted molar refractivity (Wildman–Crippen MR) is 64.6 cm³/mol. The fraction of sp³-hybridized carbons (Fsp3) is 0.333. The van der Waals surface area contributed by atoms with E-state index >= 15 is 0 Å². The number of aromatic nitrogens is 4. The first-order chi connectivity index (χ1) is 8.38. The Kier molecular flexibility index (Phi) is 2.44. The summed E-state index contributed by atoms with van der Waals surface area (Å²) in [6.07, 6.45) is 6.64. The van der Waals surface area contributed by atoms with Gasteiger partial charge in [-0.1, -0.05) is 0 Å². The van der Waals surface area contributed by atoms with Crippen molar-refractivity contribution in [2.24, 2.45) is 0 Å². The maximum Gasteiger partial charge on any atom is 0.199 e. The molecule has 1 aliphatic carbocycles. The van der Waals surface area contributed by atoms with Gasteiger partial charge in [0.1, 0.15) is 5.82 Å². The molecule has 0 amide bonds. The normalized spacial score (nSPS) is 13.5. The SMILES string of the molecule is CNc1nc(-c2ncccn2)nc2c1CCC2. The van der Waals surface area contributed by atoms with Crippen molar-refractivity contribution in [3.8, 4) is 11.6 Å². The molecule has 0 saturated heterocycles. The van der Waals surface area contributed by atoms with Crippen LogP contribution in [0, 0.1) is 0 Å². The van der Waals surface area contributed by atoms with Crippen molar-refractivity contribution in [3.05, 3.63) is 29.7 Å². The summed E-state index contributed by atoms with van der Waals surface area (Å²) in [5.74, 6) is 2.10. The Bertz CT molecular complexity index is 538. The van der Waals surface area contributed by atoms with E-state index in [2.05, 4.69) is 25.3 Å². The Hall–Kier alpha value is -2.04. The van der Waals surface area contributed by atoms with Crippen LogP contribution in [-0.2, 0) is 12.8 Å². The van der Waals surface area contributed by atoms with E-state index in [9.17, 15) is 0 Å². The van der Waals surface area contributed by atoms with Crippen molar-refractivity contribution in [1.29, 1.82) is 0 Å². The molecule has 0 atom stereocenters. The van der Waals surface area contributed by atoms with Crippen molar-refractivity contribution in [2.45, 2.75) is 19.3 Å². The summed E-state index contributed by atoms with van der Waals surface area (Å²) in [5.41, 5.74) is 2.37. The number of rotatable bonds is 2. The van der Waals surface area contributed by atoms with Gasteiger partial charge in [0.15, 0.2) is 11.6 Å². The molecule has 0 saturated carbocycles. The van der Waals surface area contributed by atoms with E-state index in [1.807, 2.05) is 7.05 Å². The molecular weight excluding hydrogens is 214 g/mol. The molecule has 0 radical (unpaired) electrons. The molecule has 0 unspecified atom stereocenters. The Balaban J connectivity index is 2.13. The third-order valence-electron chi connectivity index (χ3n) is 2.94. The molecule has 1 aliphatic rings. The van der Waals surface area contributed by atoms with Crippen LogP contribution in [0.1, 0.15) is 17.7 Å². The van der Waals surface area contributed by atoms with Crippen LogP contribution in [0.5, 0.6) is 0 Å². The summed E-state index contributed by atoms with van der Waals surface area (Å²) in [6.45, 7) is 0. The molecule has 2 aromatic rings. The van der Waals surface area contributed by atoms with Gasteiger partial charge in [-0.05, 0) is 25.3 Å². The van der Waals surface area contributed by atoms with Crippen molar-refractivity contribution >= 4 is 5.82 Å². The van der Waals surface area contributed by atoms with E-state index in [-0.39, 0.29) is 0 Å². The topological polar surface area (TPSA) is 63.6 Å². The highest BCUT2D eigenvalue weighted by molar-refractivity contribution is 5.55. The molecule has 0 aliphatic heterocycles. The van der Waals surface area contributed by atoms with Gasteiger partial charge in [0.2, 0.25) is 0 Å².